The molecule has 116 valence electrons. The second-order valence-corrected chi connectivity index (χ2v) is 6.58. The number of rotatable bonds is 5. The molecule has 0 aliphatic carbocycles. The van der Waals surface area contributed by atoms with Crippen LogP contribution in [0.5, 0.6) is 0 Å². The number of hydrogen-bond donors (Lipinski definition) is 1. The van der Waals surface area contributed by atoms with Gasteiger partial charge in [-0.15, -0.1) is 0 Å². The second kappa shape index (κ2) is 7.27. The molecular formula is C15H29N3O2. The first-order valence-electron chi connectivity index (χ1n) is 7.86. The van der Waals surface area contributed by atoms with Crippen LogP contribution in [-0.2, 0) is 4.74 Å². The van der Waals surface area contributed by atoms with Gasteiger partial charge in [-0.1, -0.05) is 0 Å². The lowest BCUT2D eigenvalue weighted by molar-refractivity contribution is 0.0963. The molecule has 20 heavy (non-hydrogen) atoms. The van der Waals surface area contributed by atoms with Crippen molar-refractivity contribution in [3.05, 3.63) is 0 Å². The maximum absolute atomic E-state index is 12.2. The summed E-state index contributed by atoms with van der Waals surface area (Å²) < 4.78 is 5.62. The number of likely N-dealkylation sites (tertiary alicyclic amines) is 1. The molecule has 5 heteroatoms. The summed E-state index contributed by atoms with van der Waals surface area (Å²) in [6.45, 7) is 5.79. The smallest absolute Gasteiger partial charge is 0.317 e. The highest BCUT2D eigenvalue weighted by atomic mass is 16.5. The van der Waals surface area contributed by atoms with Crippen molar-refractivity contribution in [2.24, 2.45) is 5.92 Å². The fraction of sp³-hybridized carbons (Fsp3) is 0.933. The molecular weight excluding hydrogens is 254 g/mol. The predicted molar refractivity (Wildman–Crippen MR) is 79.8 cm³/mol. The molecule has 3 atom stereocenters. The zero-order valence-corrected chi connectivity index (χ0v) is 13.1. The standard InChI is InChI=1S/C15H29N3O2/c1-12(9-14-5-4-8-20-14)16-15(19)18-7-6-13(11-18)10-17(2)3/h12-14H,4-11H2,1-3H3,(H,16,19)/t12-,13-,14-/m1/s1. The second-order valence-electron chi connectivity index (χ2n) is 6.58. The van der Waals surface area contributed by atoms with Crippen LogP contribution in [0.4, 0.5) is 4.79 Å². The van der Waals surface area contributed by atoms with Crippen LogP contribution >= 0.6 is 0 Å². The molecule has 2 saturated heterocycles. The van der Waals surface area contributed by atoms with Gasteiger partial charge >= 0.3 is 6.03 Å². The number of urea groups is 1. The maximum Gasteiger partial charge on any atom is 0.317 e. The summed E-state index contributed by atoms with van der Waals surface area (Å²) in [6.07, 6.45) is 4.68. The van der Waals surface area contributed by atoms with E-state index < -0.39 is 0 Å². The Hall–Kier alpha value is -0.810. The molecule has 0 aromatic carbocycles. The monoisotopic (exact) mass is 283 g/mol. The average Bonchev–Trinajstić information content (AvgIpc) is 2.99. The third kappa shape index (κ3) is 4.63. The van der Waals surface area contributed by atoms with E-state index in [1.165, 1.54) is 0 Å². The van der Waals surface area contributed by atoms with Crippen molar-refractivity contribution in [1.82, 2.24) is 15.1 Å². The molecule has 5 nitrogen and oxygen atoms in total. The van der Waals surface area contributed by atoms with Crippen LogP contribution in [-0.4, -0.2) is 68.3 Å². The number of carbonyl (C=O) groups is 1. The molecule has 2 fully saturated rings. The van der Waals surface area contributed by atoms with E-state index in [1.807, 2.05) is 4.90 Å². The molecule has 2 amide bonds. The van der Waals surface area contributed by atoms with Gasteiger partial charge in [0.15, 0.2) is 0 Å². The summed E-state index contributed by atoms with van der Waals surface area (Å²) in [5.74, 6) is 0.615. The Labute approximate surface area is 122 Å². The number of nitrogens with one attached hydrogen (secondary N) is 1. The number of amides is 2. The molecule has 0 aromatic rings. The Morgan fingerprint density at radius 2 is 2.25 bits per heavy atom. The quantitative estimate of drug-likeness (QED) is 0.832. The minimum atomic E-state index is 0.0942. The van der Waals surface area contributed by atoms with E-state index in [2.05, 4.69) is 31.2 Å². The van der Waals surface area contributed by atoms with E-state index in [0.29, 0.717) is 12.0 Å². The molecule has 0 spiro atoms. The van der Waals surface area contributed by atoms with Crippen molar-refractivity contribution in [1.29, 1.82) is 0 Å². The van der Waals surface area contributed by atoms with E-state index in [4.69, 9.17) is 4.74 Å². The Bertz CT molecular complexity index is 316. The highest BCUT2D eigenvalue weighted by Crippen LogP contribution is 2.19. The van der Waals surface area contributed by atoms with Crippen molar-refractivity contribution in [2.75, 3.05) is 40.3 Å². The van der Waals surface area contributed by atoms with E-state index in [-0.39, 0.29) is 12.1 Å². The molecule has 2 rings (SSSR count). The largest absolute Gasteiger partial charge is 0.378 e. The van der Waals surface area contributed by atoms with Gasteiger partial charge in [-0.3, -0.25) is 0 Å². The lowest BCUT2D eigenvalue weighted by atomic mass is 10.1. The Kier molecular flexibility index (Phi) is 5.66. The maximum atomic E-state index is 12.2. The van der Waals surface area contributed by atoms with Gasteiger partial charge in [-0.25, -0.2) is 4.79 Å². The Balaban J connectivity index is 1.69. The number of carbonyl (C=O) groups excluding carboxylic acids is 1. The minimum Gasteiger partial charge on any atom is -0.378 e. The van der Waals surface area contributed by atoms with Crippen LogP contribution in [0, 0.1) is 5.92 Å². The molecule has 0 unspecified atom stereocenters. The zero-order chi connectivity index (χ0) is 14.5. The van der Waals surface area contributed by atoms with Crippen LogP contribution < -0.4 is 5.32 Å². The van der Waals surface area contributed by atoms with Crippen LogP contribution in [0.15, 0.2) is 0 Å². The third-order valence-electron chi connectivity index (χ3n) is 4.21. The van der Waals surface area contributed by atoms with Gasteiger partial charge in [-0.2, -0.15) is 0 Å². The van der Waals surface area contributed by atoms with Crippen LogP contribution in [0.2, 0.25) is 0 Å². The minimum absolute atomic E-state index is 0.0942. The van der Waals surface area contributed by atoms with Crippen molar-refractivity contribution in [3.63, 3.8) is 0 Å². The van der Waals surface area contributed by atoms with Gasteiger partial charge < -0.3 is 19.9 Å². The number of hydrogen-bond acceptors (Lipinski definition) is 3. The molecule has 2 aliphatic heterocycles. The summed E-state index contributed by atoms with van der Waals surface area (Å²) >= 11 is 0. The Morgan fingerprint density at radius 1 is 1.45 bits per heavy atom. The first-order valence-corrected chi connectivity index (χ1v) is 7.86. The van der Waals surface area contributed by atoms with Crippen molar-refractivity contribution in [2.45, 2.75) is 44.8 Å². The molecule has 0 saturated carbocycles. The molecule has 0 radical (unpaired) electrons. The van der Waals surface area contributed by atoms with E-state index in [0.717, 1.165) is 51.9 Å². The normalized spacial score (nSPS) is 28.1. The van der Waals surface area contributed by atoms with Crippen LogP contribution in [0.1, 0.15) is 32.6 Å². The fourth-order valence-electron chi connectivity index (χ4n) is 3.27. The fourth-order valence-corrected chi connectivity index (χ4v) is 3.27. The van der Waals surface area contributed by atoms with Crippen LogP contribution in [0.3, 0.4) is 0 Å². The van der Waals surface area contributed by atoms with E-state index >= 15 is 0 Å². The highest BCUT2D eigenvalue weighted by molar-refractivity contribution is 5.74. The predicted octanol–water partition coefficient (Wildman–Crippen LogP) is 1.54. The summed E-state index contributed by atoms with van der Waals surface area (Å²) in [7, 11) is 4.18. The number of nitrogens with zero attached hydrogens (tertiary/aromatic N) is 2. The van der Waals surface area contributed by atoms with Gasteiger partial charge in [0.05, 0.1) is 6.10 Å². The SMILES string of the molecule is C[C@H](C[C@H]1CCCO1)NC(=O)N1CC[C@H](CN(C)C)C1. The first kappa shape index (κ1) is 15.6. The molecule has 0 bridgehead atoms. The van der Waals surface area contributed by atoms with Crippen molar-refractivity contribution >= 4 is 6.03 Å². The van der Waals surface area contributed by atoms with Gasteiger partial charge in [0.2, 0.25) is 0 Å². The highest BCUT2D eigenvalue weighted by Gasteiger charge is 2.27. The lowest BCUT2D eigenvalue weighted by Crippen LogP contribution is -2.44. The summed E-state index contributed by atoms with van der Waals surface area (Å²) in [6, 6.07) is 0.287. The van der Waals surface area contributed by atoms with Gasteiger partial charge in [0.25, 0.3) is 0 Å². The third-order valence-corrected chi connectivity index (χ3v) is 4.21. The molecule has 0 aromatic heterocycles. The lowest BCUT2D eigenvalue weighted by Gasteiger charge is -2.23. The summed E-state index contributed by atoms with van der Waals surface area (Å²) in [5, 5.41) is 3.12. The van der Waals surface area contributed by atoms with Crippen LogP contribution in [0.25, 0.3) is 0 Å². The number of ether oxygens (including phenoxy) is 1. The van der Waals surface area contributed by atoms with Gasteiger partial charge in [0, 0.05) is 32.3 Å². The van der Waals surface area contributed by atoms with Gasteiger partial charge in [0.1, 0.15) is 0 Å². The zero-order valence-electron chi connectivity index (χ0n) is 13.1. The van der Waals surface area contributed by atoms with E-state index in [9.17, 15) is 4.79 Å². The summed E-state index contributed by atoms with van der Waals surface area (Å²) in [4.78, 5) is 16.4. The van der Waals surface area contributed by atoms with Gasteiger partial charge in [-0.05, 0) is 52.6 Å². The molecule has 1 N–H and O–H groups in total. The molecule has 2 heterocycles. The van der Waals surface area contributed by atoms with Crippen molar-refractivity contribution in [3.8, 4) is 0 Å². The summed E-state index contributed by atoms with van der Waals surface area (Å²) in [5.41, 5.74) is 0. The van der Waals surface area contributed by atoms with E-state index in [1.54, 1.807) is 0 Å². The van der Waals surface area contributed by atoms with Crippen molar-refractivity contribution < 1.29 is 9.53 Å². The Morgan fingerprint density at radius 3 is 2.90 bits per heavy atom. The topological polar surface area (TPSA) is 44.8 Å². The average molecular weight is 283 g/mol. The first-order chi connectivity index (χ1) is 9.54. The molecule has 2 aliphatic rings.